The van der Waals surface area contributed by atoms with Crippen molar-refractivity contribution in [2.24, 2.45) is 5.92 Å². The largest absolute Gasteiger partial charge is 0.486 e. The minimum atomic E-state index is -1.44. The lowest BCUT2D eigenvalue weighted by atomic mass is 10.0. The van der Waals surface area contributed by atoms with E-state index in [2.05, 4.69) is 21.4 Å². The average molecular weight is 516 g/mol. The number of carbonyl (C=O) groups is 2. The standard InChI is InChI=1S/C28H26FN5O4/c29-23-15-34(27(36)16-35)9-6-25(23)38-24-4-3-17(10-20(24)13-30)18-5-8-32-26(11-18)33-28(37)22-12-21(22)19-2-1-7-31-14-19/h1-5,7-8,10-11,14,21-23,25,35H,6,9,12,15-16H2,(H,32,33,37)/t21-,22+,23+,25-/m0/s1. The first-order chi connectivity index (χ1) is 18.5. The van der Waals surface area contributed by atoms with Crippen molar-refractivity contribution in [2.45, 2.75) is 31.0 Å². The van der Waals surface area contributed by atoms with E-state index in [0.717, 1.165) is 17.5 Å². The molecule has 1 aromatic carbocycles. The Balaban J connectivity index is 1.25. The summed E-state index contributed by atoms with van der Waals surface area (Å²) in [4.78, 5) is 34.0. The van der Waals surface area contributed by atoms with Gasteiger partial charge in [0.05, 0.1) is 12.1 Å². The molecule has 1 aliphatic carbocycles. The van der Waals surface area contributed by atoms with Crippen molar-refractivity contribution in [2.75, 3.05) is 25.0 Å². The van der Waals surface area contributed by atoms with Crippen LogP contribution in [0.15, 0.2) is 61.1 Å². The van der Waals surface area contributed by atoms with Crippen molar-refractivity contribution >= 4 is 17.6 Å². The fourth-order valence-corrected chi connectivity index (χ4v) is 4.75. The number of likely N-dealkylation sites (tertiary alicyclic amines) is 1. The predicted molar refractivity (Wildman–Crippen MR) is 136 cm³/mol. The molecule has 2 aromatic heterocycles. The summed E-state index contributed by atoms with van der Waals surface area (Å²) in [6.45, 7) is -0.565. The second kappa shape index (κ2) is 10.9. The van der Waals surface area contributed by atoms with E-state index >= 15 is 0 Å². The first-order valence-electron chi connectivity index (χ1n) is 12.4. The molecule has 9 nitrogen and oxygen atoms in total. The minimum Gasteiger partial charge on any atom is -0.486 e. The van der Waals surface area contributed by atoms with E-state index in [1.807, 2.05) is 12.1 Å². The number of amides is 2. The van der Waals surface area contributed by atoms with Crippen LogP contribution in [0.1, 0.15) is 29.9 Å². The molecule has 2 aliphatic rings. The van der Waals surface area contributed by atoms with Gasteiger partial charge in [0.1, 0.15) is 30.3 Å². The lowest BCUT2D eigenvalue weighted by Crippen LogP contribution is -2.50. The number of anilines is 1. The molecule has 0 unspecified atom stereocenters. The molecule has 4 atom stereocenters. The number of nitrogens with one attached hydrogen (secondary N) is 1. The summed E-state index contributed by atoms with van der Waals surface area (Å²) >= 11 is 0. The van der Waals surface area contributed by atoms with Crippen LogP contribution >= 0.6 is 0 Å². The Morgan fingerprint density at radius 2 is 2.05 bits per heavy atom. The fraction of sp³-hybridized carbons (Fsp3) is 0.321. The number of ether oxygens (including phenoxy) is 1. The number of hydrogen-bond acceptors (Lipinski definition) is 7. The van der Waals surface area contributed by atoms with Crippen molar-refractivity contribution in [3.8, 4) is 22.9 Å². The molecular formula is C28H26FN5O4. The zero-order valence-corrected chi connectivity index (χ0v) is 20.5. The first kappa shape index (κ1) is 25.3. The van der Waals surface area contributed by atoms with Crippen molar-refractivity contribution in [3.05, 3.63) is 72.2 Å². The van der Waals surface area contributed by atoms with E-state index in [1.165, 1.54) is 4.90 Å². The molecule has 3 aromatic rings. The van der Waals surface area contributed by atoms with Gasteiger partial charge in [-0.2, -0.15) is 5.26 Å². The highest BCUT2D eigenvalue weighted by Crippen LogP contribution is 2.47. The number of aliphatic hydroxyl groups is 1. The highest BCUT2D eigenvalue weighted by atomic mass is 19.1. The van der Waals surface area contributed by atoms with Gasteiger partial charge >= 0.3 is 0 Å². The molecule has 0 radical (unpaired) electrons. The minimum absolute atomic E-state index is 0.0996. The summed E-state index contributed by atoms with van der Waals surface area (Å²) in [6.07, 6.45) is 3.83. The molecule has 5 rings (SSSR count). The zero-order valence-electron chi connectivity index (χ0n) is 20.5. The highest BCUT2D eigenvalue weighted by molar-refractivity contribution is 5.95. The number of alkyl halides is 1. The quantitative estimate of drug-likeness (QED) is 0.495. The van der Waals surface area contributed by atoms with Gasteiger partial charge < -0.3 is 20.1 Å². The summed E-state index contributed by atoms with van der Waals surface area (Å²) in [5.74, 6) is 0.0726. The topological polar surface area (TPSA) is 128 Å². The van der Waals surface area contributed by atoms with Crippen molar-refractivity contribution in [1.29, 1.82) is 5.26 Å². The first-order valence-corrected chi connectivity index (χ1v) is 12.4. The van der Waals surface area contributed by atoms with Gasteiger partial charge in [-0.05, 0) is 59.4 Å². The van der Waals surface area contributed by atoms with Crippen LogP contribution in [0.2, 0.25) is 0 Å². The molecule has 38 heavy (non-hydrogen) atoms. The number of nitriles is 1. The third-order valence-corrected chi connectivity index (χ3v) is 6.93. The maximum Gasteiger partial charge on any atom is 0.248 e. The maximum atomic E-state index is 14.7. The van der Waals surface area contributed by atoms with E-state index in [-0.39, 0.29) is 48.6 Å². The van der Waals surface area contributed by atoms with E-state index in [1.54, 1.807) is 48.9 Å². The molecule has 3 heterocycles. The molecular weight excluding hydrogens is 489 g/mol. The number of rotatable bonds is 7. The van der Waals surface area contributed by atoms with Crippen molar-refractivity contribution in [1.82, 2.24) is 14.9 Å². The summed E-state index contributed by atoms with van der Waals surface area (Å²) < 4.78 is 20.5. The Morgan fingerprint density at radius 1 is 1.21 bits per heavy atom. The maximum absolute atomic E-state index is 14.7. The van der Waals surface area contributed by atoms with E-state index in [0.29, 0.717) is 11.4 Å². The van der Waals surface area contributed by atoms with Crippen LogP contribution in [-0.2, 0) is 9.59 Å². The van der Waals surface area contributed by atoms with Gasteiger partial charge in [-0.15, -0.1) is 0 Å². The fourth-order valence-electron chi connectivity index (χ4n) is 4.75. The van der Waals surface area contributed by atoms with Crippen molar-refractivity contribution in [3.63, 3.8) is 0 Å². The summed E-state index contributed by atoms with van der Waals surface area (Å²) in [6, 6.07) is 14.5. The van der Waals surface area contributed by atoms with Gasteiger partial charge in [-0.1, -0.05) is 12.1 Å². The number of halogens is 1. The van der Waals surface area contributed by atoms with Crippen LogP contribution in [-0.4, -0.2) is 63.8 Å². The van der Waals surface area contributed by atoms with Gasteiger partial charge in [0.15, 0.2) is 6.17 Å². The van der Waals surface area contributed by atoms with Crippen LogP contribution in [0.25, 0.3) is 11.1 Å². The Morgan fingerprint density at radius 3 is 2.79 bits per heavy atom. The number of aromatic nitrogens is 2. The Kier molecular flexibility index (Phi) is 7.29. The van der Waals surface area contributed by atoms with Crippen LogP contribution in [0.5, 0.6) is 5.75 Å². The third-order valence-electron chi connectivity index (χ3n) is 6.93. The second-order valence-electron chi connectivity index (χ2n) is 9.44. The number of benzene rings is 1. The third kappa shape index (κ3) is 5.48. The number of aliphatic hydroxyl groups excluding tert-OH is 1. The monoisotopic (exact) mass is 515 g/mol. The molecule has 2 amide bonds. The average Bonchev–Trinajstić information content (AvgIpc) is 3.76. The molecule has 1 saturated carbocycles. The van der Waals surface area contributed by atoms with Gasteiger partial charge in [0.25, 0.3) is 0 Å². The van der Waals surface area contributed by atoms with Crippen LogP contribution in [0.3, 0.4) is 0 Å². The lowest BCUT2D eigenvalue weighted by Gasteiger charge is -2.34. The second-order valence-corrected chi connectivity index (χ2v) is 9.44. The molecule has 10 heteroatoms. The normalized spacial score (nSPS) is 22.3. The molecule has 0 spiro atoms. The molecule has 1 aliphatic heterocycles. The Labute approximate surface area is 218 Å². The van der Waals surface area contributed by atoms with Crippen LogP contribution in [0, 0.1) is 17.2 Å². The summed E-state index contributed by atoms with van der Waals surface area (Å²) in [5.41, 5.74) is 2.75. The molecule has 2 N–H and O–H groups in total. The van der Waals surface area contributed by atoms with Crippen molar-refractivity contribution < 1.29 is 23.8 Å². The van der Waals surface area contributed by atoms with Gasteiger partial charge in [-0.25, -0.2) is 9.37 Å². The van der Waals surface area contributed by atoms with Crippen LogP contribution < -0.4 is 10.1 Å². The molecule has 194 valence electrons. The van der Waals surface area contributed by atoms with E-state index in [9.17, 15) is 19.2 Å². The zero-order chi connectivity index (χ0) is 26.6. The van der Waals surface area contributed by atoms with Crippen LogP contribution in [0.4, 0.5) is 10.2 Å². The number of pyridine rings is 2. The highest BCUT2D eigenvalue weighted by Gasteiger charge is 2.44. The Hall–Kier alpha value is -4.36. The number of piperidine rings is 1. The number of nitrogens with zero attached hydrogens (tertiary/aromatic N) is 4. The SMILES string of the molecule is N#Cc1cc(-c2ccnc(NC(=O)[C@@H]3C[C@H]3c3cccnc3)c2)ccc1O[C@H]1CCN(C(=O)CO)C[C@H]1F. The number of carbonyl (C=O) groups excluding carboxylic acids is 2. The molecule has 0 bridgehead atoms. The van der Waals surface area contributed by atoms with Gasteiger partial charge in [0.2, 0.25) is 11.8 Å². The summed E-state index contributed by atoms with van der Waals surface area (Å²) in [7, 11) is 0. The van der Waals surface area contributed by atoms with E-state index < -0.39 is 24.8 Å². The molecule has 1 saturated heterocycles. The number of hydrogen-bond donors (Lipinski definition) is 2. The lowest BCUT2D eigenvalue weighted by molar-refractivity contribution is -0.138. The smallest absolute Gasteiger partial charge is 0.248 e. The van der Waals surface area contributed by atoms with Gasteiger partial charge in [0, 0.05) is 37.5 Å². The van der Waals surface area contributed by atoms with E-state index in [4.69, 9.17) is 9.84 Å². The summed E-state index contributed by atoms with van der Waals surface area (Å²) in [5, 5.41) is 21.6. The molecule has 2 fully saturated rings. The Bertz CT molecular complexity index is 1380. The predicted octanol–water partition coefficient (Wildman–Crippen LogP) is 3.07. The van der Waals surface area contributed by atoms with Gasteiger partial charge in [-0.3, -0.25) is 14.6 Å².